The second kappa shape index (κ2) is 13.3. The Labute approximate surface area is 196 Å². The zero-order chi connectivity index (χ0) is 26.0. The fraction of sp³-hybridized carbons (Fsp3) is 0.600. The number of primary amides is 1. The van der Waals surface area contributed by atoms with Crippen molar-refractivity contribution < 1.29 is 34.2 Å². The monoisotopic (exact) mass is 483 g/mol. The predicted molar refractivity (Wildman–Crippen MR) is 119 cm³/mol. The number of carboxylic acid groups (broad SMARTS) is 1. The van der Waals surface area contributed by atoms with Crippen LogP contribution in [0.5, 0.6) is 0 Å². The van der Waals surface area contributed by atoms with Gasteiger partial charge in [-0.25, -0.2) is 9.78 Å². The zero-order valence-corrected chi connectivity index (χ0v) is 19.3. The normalized spacial score (nSPS) is 16.3. The van der Waals surface area contributed by atoms with Crippen LogP contribution in [-0.2, 0) is 30.4 Å². The van der Waals surface area contributed by atoms with Crippen molar-refractivity contribution in [1.82, 2.24) is 25.9 Å². The quantitative estimate of drug-likeness (QED) is 0.135. The Kier molecular flexibility index (Phi) is 11.1. The van der Waals surface area contributed by atoms with Crippen molar-refractivity contribution in [3.63, 3.8) is 0 Å². The summed E-state index contributed by atoms with van der Waals surface area (Å²) >= 11 is 0. The topological polar surface area (TPSA) is 243 Å². The molecule has 0 bridgehead atoms. The van der Waals surface area contributed by atoms with E-state index in [2.05, 4.69) is 25.9 Å². The first kappa shape index (κ1) is 28.5. The van der Waals surface area contributed by atoms with Crippen molar-refractivity contribution in [2.24, 2.45) is 17.4 Å². The number of H-pyrrole nitrogens is 1. The maximum absolute atomic E-state index is 12.9. The first-order valence-corrected chi connectivity index (χ1v) is 10.7. The van der Waals surface area contributed by atoms with E-state index in [9.17, 15) is 34.2 Å². The molecule has 190 valence electrons. The van der Waals surface area contributed by atoms with Gasteiger partial charge in [0.2, 0.25) is 23.6 Å². The minimum Gasteiger partial charge on any atom is -0.480 e. The molecule has 14 nitrogen and oxygen atoms in total. The number of rotatable bonds is 14. The number of hydrogen-bond donors (Lipinski definition) is 8. The number of imidazole rings is 1. The molecule has 0 saturated heterocycles. The van der Waals surface area contributed by atoms with Crippen molar-refractivity contribution in [1.29, 1.82) is 0 Å². The van der Waals surface area contributed by atoms with Crippen LogP contribution in [0.2, 0.25) is 0 Å². The van der Waals surface area contributed by atoms with Gasteiger partial charge in [-0.15, -0.1) is 0 Å². The molecule has 10 N–H and O–H groups in total. The Hall–Kier alpha value is -3.52. The van der Waals surface area contributed by atoms with Gasteiger partial charge >= 0.3 is 5.97 Å². The summed E-state index contributed by atoms with van der Waals surface area (Å²) in [5.74, 6) is -5.18. The summed E-state index contributed by atoms with van der Waals surface area (Å²) < 4.78 is 0. The lowest BCUT2D eigenvalue weighted by Crippen LogP contribution is -2.60. The average Bonchev–Trinajstić information content (AvgIpc) is 3.27. The standard InChI is InChI=1S/C20H33N7O7/c1-4-9(2)16(19(32)26-13(20(33)34)5-11-7-23-8-24-11)27-17(30)12(6-14(21)29)25-18(31)15(22)10(3)28/h7-10,12-13,15-16,28H,4-6,22H2,1-3H3,(H2,21,29)(H,23,24)(H,25,31)(H,26,32)(H,27,30)(H,33,34). The van der Waals surface area contributed by atoms with Crippen molar-refractivity contribution in [2.45, 2.75) is 70.3 Å². The van der Waals surface area contributed by atoms with Gasteiger partial charge in [0.1, 0.15) is 24.2 Å². The van der Waals surface area contributed by atoms with Gasteiger partial charge < -0.3 is 42.6 Å². The van der Waals surface area contributed by atoms with Crippen LogP contribution in [0.4, 0.5) is 0 Å². The van der Waals surface area contributed by atoms with E-state index in [1.807, 2.05) is 0 Å². The van der Waals surface area contributed by atoms with Gasteiger partial charge in [0, 0.05) is 18.3 Å². The molecular weight excluding hydrogens is 450 g/mol. The average molecular weight is 484 g/mol. The number of carbonyl (C=O) groups excluding carboxylic acids is 4. The molecule has 1 heterocycles. The summed E-state index contributed by atoms with van der Waals surface area (Å²) in [6, 6.07) is -5.31. The van der Waals surface area contributed by atoms with Crippen LogP contribution >= 0.6 is 0 Å². The number of aromatic nitrogens is 2. The van der Waals surface area contributed by atoms with Gasteiger partial charge in [0.15, 0.2) is 0 Å². The van der Waals surface area contributed by atoms with Crippen LogP contribution in [0.15, 0.2) is 12.5 Å². The number of nitrogens with zero attached hydrogens (tertiary/aromatic N) is 1. The number of aliphatic hydroxyl groups is 1. The van der Waals surface area contributed by atoms with Crippen LogP contribution < -0.4 is 27.4 Å². The number of aliphatic carboxylic acids is 1. The van der Waals surface area contributed by atoms with E-state index in [-0.39, 0.29) is 6.42 Å². The summed E-state index contributed by atoms with van der Waals surface area (Å²) in [4.78, 5) is 67.6. The van der Waals surface area contributed by atoms with Gasteiger partial charge in [0.05, 0.1) is 18.9 Å². The minimum atomic E-state index is -1.46. The number of amides is 4. The fourth-order valence-electron chi connectivity index (χ4n) is 2.93. The number of aliphatic hydroxyl groups excluding tert-OH is 1. The van der Waals surface area contributed by atoms with Crippen LogP contribution in [0.3, 0.4) is 0 Å². The Morgan fingerprint density at radius 1 is 1.06 bits per heavy atom. The molecule has 0 saturated carbocycles. The molecule has 0 aromatic carbocycles. The third-order valence-corrected chi connectivity index (χ3v) is 5.25. The lowest BCUT2D eigenvalue weighted by Gasteiger charge is -2.28. The summed E-state index contributed by atoms with van der Waals surface area (Å²) in [5.41, 5.74) is 11.2. The highest BCUT2D eigenvalue weighted by molar-refractivity contribution is 5.96. The Morgan fingerprint density at radius 2 is 1.68 bits per heavy atom. The maximum Gasteiger partial charge on any atom is 0.326 e. The van der Waals surface area contributed by atoms with Crippen molar-refractivity contribution in [2.75, 3.05) is 0 Å². The number of hydrogen-bond acceptors (Lipinski definition) is 8. The van der Waals surface area contributed by atoms with Crippen LogP contribution in [0.1, 0.15) is 39.3 Å². The van der Waals surface area contributed by atoms with Gasteiger partial charge in [-0.05, 0) is 12.8 Å². The van der Waals surface area contributed by atoms with Gasteiger partial charge in [-0.2, -0.15) is 0 Å². The zero-order valence-electron chi connectivity index (χ0n) is 19.3. The largest absolute Gasteiger partial charge is 0.480 e. The number of nitrogens with two attached hydrogens (primary N) is 2. The second-order valence-electron chi connectivity index (χ2n) is 8.05. The van der Waals surface area contributed by atoms with E-state index in [0.29, 0.717) is 12.1 Å². The maximum atomic E-state index is 12.9. The lowest BCUT2D eigenvalue weighted by molar-refractivity contribution is -0.142. The number of carbonyl (C=O) groups is 5. The molecule has 4 amide bonds. The van der Waals surface area contributed by atoms with Crippen molar-refractivity contribution in [3.8, 4) is 0 Å². The first-order valence-electron chi connectivity index (χ1n) is 10.7. The molecule has 6 unspecified atom stereocenters. The highest BCUT2D eigenvalue weighted by Crippen LogP contribution is 2.10. The SMILES string of the molecule is CCC(C)C(NC(=O)C(CC(N)=O)NC(=O)C(N)C(C)O)C(=O)NC(Cc1cnc[nH]1)C(=O)O. The molecule has 0 aliphatic heterocycles. The van der Waals surface area contributed by atoms with E-state index in [1.54, 1.807) is 13.8 Å². The summed E-state index contributed by atoms with van der Waals surface area (Å²) in [7, 11) is 0. The van der Waals surface area contributed by atoms with Crippen LogP contribution in [0.25, 0.3) is 0 Å². The predicted octanol–water partition coefficient (Wildman–Crippen LogP) is -2.88. The third-order valence-electron chi connectivity index (χ3n) is 5.25. The molecule has 1 aromatic heterocycles. The Morgan fingerprint density at radius 3 is 2.15 bits per heavy atom. The van der Waals surface area contributed by atoms with E-state index in [1.165, 1.54) is 19.4 Å². The minimum absolute atomic E-state index is 0.0696. The van der Waals surface area contributed by atoms with E-state index in [0.717, 1.165) is 0 Å². The second-order valence-corrected chi connectivity index (χ2v) is 8.05. The molecule has 0 aliphatic rings. The smallest absolute Gasteiger partial charge is 0.326 e. The van der Waals surface area contributed by atoms with Crippen molar-refractivity contribution >= 4 is 29.6 Å². The summed E-state index contributed by atoms with van der Waals surface area (Å²) in [5, 5.41) is 26.1. The Bertz CT molecular complexity index is 859. The molecule has 1 aromatic rings. The molecule has 0 radical (unpaired) electrons. The highest BCUT2D eigenvalue weighted by atomic mass is 16.4. The van der Waals surface area contributed by atoms with Gasteiger partial charge in [-0.1, -0.05) is 20.3 Å². The van der Waals surface area contributed by atoms with Crippen LogP contribution in [-0.4, -0.2) is 80.1 Å². The molecule has 34 heavy (non-hydrogen) atoms. The molecular formula is C20H33N7O7. The molecule has 1 rings (SSSR count). The summed E-state index contributed by atoms with van der Waals surface area (Å²) in [6.07, 6.45) is 1.35. The third kappa shape index (κ3) is 8.78. The number of aromatic amines is 1. The van der Waals surface area contributed by atoms with Gasteiger partial charge in [0.25, 0.3) is 0 Å². The van der Waals surface area contributed by atoms with E-state index < -0.39 is 72.2 Å². The molecule has 6 atom stereocenters. The number of carboxylic acids is 1. The molecule has 14 heteroatoms. The fourth-order valence-corrected chi connectivity index (χ4v) is 2.93. The molecule has 0 fully saturated rings. The van der Waals surface area contributed by atoms with E-state index in [4.69, 9.17) is 11.5 Å². The van der Waals surface area contributed by atoms with E-state index >= 15 is 0 Å². The first-order chi connectivity index (χ1) is 15.9. The number of nitrogens with one attached hydrogen (secondary N) is 4. The lowest BCUT2D eigenvalue weighted by atomic mass is 9.97. The summed E-state index contributed by atoms with van der Waals surface area (Å²) in [6.45, 7) is 4.71. The van der Waals surface area contributed by atoms with Crippen LogP contribution in [0, 0.1) is 5.92 Å². The van der Waals surface area contributed by atoms with Crippen molar-refractivity contribution in [3.05, 3.63) is 18.2 Å². The highest BCUT2D eigenvalue weighted by Gasteiger charge is 2.33. The Balaban J connectivity index is 3.02. The van der Waals surface area contributed by atoms with Gasteiger partial charge in [-0.3, -0.25) is 19.2 Å². The molecule has 0 spiro atoms. The molecule has 0 aliphatic carbocycles.